The van der Waals surface area contributed by atoms with Gasteiger partial charge in [0.2, 0.25) is 15.9 Å². The molecule has 0 radical (unpaired) electrons. The fraction of sp³-hybridized carbons (Fsp3) is 0.435. The minimum Gasteiger partial charge on any atom is -0.497 e. The molecule has 164 valence electrons. The van der Waals surface area contributed by atoms with Crippen molar-refractivity contribution < 1.29 is 17.9 Å². The van der Waals surface area contributed by atoms with E-state index in [2.05, 4.69) is 19.2 Å². The predicted molar refractivity (Wildman–Crippen MR) is 121 cm³/mol. The number of carbonyl (C=O) groups is 1. The van der Waals surface area contributed by atoms with Gasteiger partial charge in [-0.05, 0) is 48.6 Å². The lowest BCUT2D eigenvalue weighted by molar-refractivity contribution is -0.123. The molecule has 0 aliphatic heterocycles. The Morgan fingerprint density at radius 1 is 1.07 bits per heavy atom. The summed E-state index contributed by atoms with van der Waals surface area (Å²) in [4.78, 5) is 13.3. The standard InChI is InChI=1S/C23H32N2O4S/c1-6-22(25(30(5,27)28)19-10-8-7-9-11-19)23(26)24-21(16-17(2)3)18-12-14-20(29-4)15-13-18/h7-15,17,21-22H,6,16H2,1-5H3,(H,24,26)/t21-,22+/m0/s1. The molecule has 0 bridgehead atoms. The third-order valence-corrected chi connectivity index (χ3v) is 6.06. The van der Waals surface area contributed by atoms with Crippen LogP contribution in [-0.4, -0.2) is 33.7 Å². The van der Waals surface area contributed by atoms with Crippen LogP contribution in [0.4, 0.5) is 5.69 Å². The number of anilines is 1. The van der Waals surface area contributed by atoms with Gasteiger partial charge in [-0.3, -0.25) is 9.10 Å². The lowest BCUT2D eigenvalue weighted by Crippen LogP contribution is -2.50. The Kier molecular flexibility index (Phi) is 8.29. The van der Waals surface area contributed by atoms with E-state index in [0.29, 0.717) is 18.0 Å². The van der Waals surface area contributed by atoms with Crippen molar-refractivity contribution in [3.8, 4) is 5.75 Å². The van der Waals surface area contributed by atoms with E-state index in [-0.39, 0.29) is 11.9 Å². The van der Waals surface area contributed by atoms with E-state index >= 15 is 0 Å². The monoisotopic (exact) mass is 432 g/mol. The molecular formula is C23H32N2O4S. The molecule has 0 unspecified atom stereocenters. The number of amides is 1. The summed E-state index contributed by atoms with van der Waals surface area (Å²) in [6, 6.07) is 15.2. The Bertz CT molecular complexity index is 912. The molecule has 0 aromatic heterocycles. The summed E-state index contributed by atoms with van der Waals surface area (Å²) in [5.74, 6) is 0.776. The van der Waals surface area contributed by atoms with E-state index in [1.54, 1.807) is 31.4 Å². The largest absolute Gasteiger partial charge is 0.497 e. The highest BCUT2D eigenvalue weighted by Gasteiger charge is 2.32. The first-order chi connectivity index (χ1) is 14.2. The molecule has 2 atom stereocenters. The van der Waals surface area contributed by atoms with Gasteiger partial charge in [-0.25, -0.2) is 8.42 Å². The summed E-state index contributed by atoms with van der Waals surface area (Å²) in [7, 11) is -2.04. The first kappa shape index (κ1) is 23.7. The van der Waals surface area contributed by atoms with Crippen LogP contribution < -0.4 is 14.4 Å². The number of para-hydroxylation sites is 1. The molecule has 30 heavy (non-hydrogen) atoms. The Labute approximate surface area is 180 Å². The number of carbonyl (C=O) groups excluding carboxylic acids is 1. The smallest absolute Gasteiger partial charge is 0.244 e. The third-order valence-electron chi connectivity index (χ3n) is 4.88. The number of ether oxygens (including phenoxy) is 1. The fourth-order valence-corrected chi connectivity index (χ4v) is 4.70. The molecule has 7 heteroatoms. The number of hydrogen-bond donors (Lipinski definition) is 1. The van der Waals surface area contributed by atoms with Gasteiger partial charge in [0.15, 0.2) is 0 Å². The highest BCUT2D eigenvalue weighted by Crippen LogP contribution is 2.26. The molecule has 2 rings (SSSR count). The maximum Gasteiger partial charge on any atom is 0.244 e. The minimum absolute atomic E-state index is 0.227. The highest BCUT2D eigenvalue weighted by atomic mass is 32.2. The Morgan fingerprint density at radius 2 is 1.67 bits per heavy atom. The van der Waals surface area contributed by atoms with Crippen molar-refractivity contribution in [3.63, 3.8) is 0 Å². The van der Waals surface area contributed by atoms with E-state index in [9.17, 15) is 13.2 Å². The van der Waals surface area contributed by atoms with Gasteiger partial charge in [0.05, 0.1) is 25.1 Å². The van der Waals surface area contributed by atoms with Gasteiger partial charge in [-0.15, -0.1) is 0 Å². The van der Waals surface area contributed by atoms with E-state index in [0.717, 1.165) is 24.0 Å². The molecule has 0 aliphatic rings. The molecule has 0 saturated heterocycles. The zero-order valence-corrected chi connectivity index (χ0v) is 19.1. The van der Waals surface area contributed by atoms with Gasteiger partial charge >= 0.3 is 0 Å². The quantitative estimate of drug-likeness (QED) is 0.612. The molecule has 2 aromatic rings. The molecular weight excluding hydrogens is 400 g/mol. The number of hydrogen-bond acceptors (Lipinski definition) is 4. The van der Waals surface area contributed by atoms with Crippen molar-refractivity contribution in [1.29, 1.82) is 0 Å². The maximum absolute atomic E-state index is 13.3. The van der Waals surface area contributed by atoms with Crippen molar-refractivity contribution in [1.82, 2.24) is 5.32 Å². The van der Waals surface area contributed by atoms with Crippen molar-refractivity contribution in [2.24, 2.45) is 5.92 Å². The Hall–Kier alpha value is -2.54. The molecule has 1 amide bonds. The van der Waals surface area contributed by atoms with Gasteiger partial charge in [0.1, 0.15) is 11.8 Å². The maximum atomic E-state index is 13.3. The van der Waals surface area contributed by atoms with Crippen LogP contribution >= 0.6 is 0 Å². The summed E-state index contributed by atoms with van der Waals surface area (Å²) in [5.41, 5.74) is 1.44. The molecule has 2 aromatic carbocycles. The summed E-state index contributed by atoms with van der Waals surface area (Å²) >= 11 is 0. The van der Waals surface area contributed by atoms with Crippen LogP contribution in [0.3, 0.4) is 0 Å². The van der Waals surface area contributed by atoms with Crippen molar-refractivity contribution in [3.05, 3.63) is 60.2 Å². The number of nitrogens with zero attached hydrogens (tertiary/aromatic N) is 1. The summed E-state index contributed by atoms with van der Waals surface area (Å²) in [6.45, 7) is 6.00. The predicted octanol–water partition coefficient (Wildman–Crippen LogP) is 4.14. The molecule has 0 saturated carbocycles. The van der Waals surface area contributed by atoms with Crippen molar-refractivity contribution >= 4 is 21.6 Å². The van der Waals surface area contributed by atoms with Gasteiger partial charge in [0.25, 0.3) is 0 Å². The molecule has 0 aliphatic carbocycles. The van der Waals surface area contributed by atoms with Crippen LogP contribution in [0.15, 0.2) is 54.6 Å². The first-order valence-corrected chi connectivity index (χ1v) is 12.0. The second kappa shape index (κ2) is 10.5. The SMILES string of the molecule is CC[C@H](C(=O)N[C@@H](CC(C)C)c1ccc(OC)cc1)N(c1ccccc1)S(C)(=O)=O. The lowest BCUT2D eigenvalue weighted by Gasteiger charge is -2.32. The van der Waals surface area contributed by atoms with E-state index in [1.807, 2.05) is 37.3 Å². The second-order valence-corrected chi connectivity index (χ2v) is 9.64. The van der Waals surface area contributed by atoms with Gasteiger partial charge in [-0.1, -0.05) is 51.1 Å². The Balaban J connectivity index is 2.34. The number of rotatable bonds is 10. The Morgan fingerprint density at radius 3 is 2.13 bits per heavy atom. The summed E-state index contributed by atoms with van der Waals surface area (Å²) in [6.07, 6.45) is 2.22. The number of sulfonamides is 1. The van der Waals surface area contributed by atoms with Crippen LogP contribution in [-0.2, 0) is 14.8 Å². The summed E-state index contributed by atoms with van der Waals surface area (Å²) < 4.78 is 31.6. The fourth-order valence-electron chi connectivity index (χ4n) is 3.49. The van der Waals surface area contributed by atoms with Gasteiger partial charge in [-0.2, -0.15) is 0 Å². The van der Waals surface area contributed by atoms with E-state index in [1.165, 1.54) is 4.31 Å². The van der Waals surface area contributed by atoms with E-state index < -0.39 is 16.1 Å². The van der Waals surface area contributed by atoms with Crippen LogP contribution in [0.25, 0.3) is 0 Å². The zero-order chi connectivity index (χ0) is 22.3. The zero-order valence-electron chi connectivity index (χ0n) is 18.3. The average molecular weight is 433 g/mol. The van der Waals surface area contributed by atoms with Crippen LogP contribution in [0.2, 0.25) is 0 Å². The molecule has 0 fully saturated rings. The average Bonchev–Trinajstić information content (AvgIpc) is 2.70. The normalized spacial score (nSPS) is 13.5. The highest BCUT2D eigenvalue weighted by molar-refractivity contribution is 7.92. The molecule has 0 heterocycles. The second-order valence-electron chi connectivity index (χ2n) is 7.78. The lowest BCUT2D eigenvalue weighted by atomic mass is 9.96. The van der Waals surface area contributed by atoms with Crippen LogP contribution in [0, 0.1) is 5.92 Å². The van der Waals surface area contributed by atoms with Crippen LogP contribution in [0.1, 0.15) is 45.2 Å². The van der Waals surface area contributed by atoms with Crippen molar-refractivity contribution in [2.45, 2.75) is 45.7 Å². The molecule has 6 nitrogen and oxygen atoms in total. The number of benzene rings is 2. The van der Waals surface area contributed by atoms with Gasteiger partial charge in [0, 0.05) is 0 Å². The van der Waals surface area contributed by atoms with Crippen molar-refractivity contribution in [2.75, 3.05) is 17.7 Å². The first-order valence-electron chi connectivity index (χ1n) is 10.2. The van der Waals surface area contributed by atoms with Crippen LogP contribution in [0.5, 0.6) is 5.75 Å². The topological polar surface area (TPSA) is 75.7 Å². The summed E-state index contributed by atoms with van der Waals surface area (Å²) in [5, 5.41) is 3.09. The molecule has 0 spiro atoms. The number of methoxy groups -OCH3 is 1. The molecule has 1 N–H and O–H groups in total. The minimum atomic E-state index is -3.65. The van der Waals surface area contributed by atoms with Gasteiger partial charge < -0.3 is 10.1 Å². The third kappa shape index (κ3) is 6.23. The van der Waals surface area contributed by atoms with E-state index in [4.69, 9.17) is 4.74 Å². The number of nitrogens with one attached hydrogen (secondary N) is 1.